The molecule has 3 nitrogen and oxygen atoms in total. The van der Waals surface area contributed by atoms with E-state index in [1.165, 1.54) is 4.88 Å². The van der Waals surface area contributed by atoms with Gasteiger partial charge in [0.25, 0.3) is 0 Å². The first kappa shape index (κ1) is 13.2. The zero-order valence-electron chi connectivity index (χ0n) is 10.0. The van der Waals surface area contributed by atoms with E-state index in [0.717, 1.165) is 6.54 Å². The molecule has 2 atom stereocenters. The van der Waals surface area contributed by atoms with Gasteiger partial charge in [-0.15, -0.1) is 11.3 Å². The Balaban J connectivity index is 2.34. The van der Waals surface area contributed by atoms with Crippen LogP contribution in [-0.2, 0) is 16.1 Å². The van der Waals surface area contributed by atoms with Gasteiger partial charge in [0.1, 0.15) is 0 Å². The summed E-state index contributed by atoms with van der Waals surface area (Å²) < 4.78 is 4.99. The van der Waals surface area contributed by atoms with Crippen molar-refractivity contribution < 1.29 is 9.53 Å². The Hall–Kier alpha value is -0.870. The molecule has 1 rings (SSSR count). The SMILES string of the molecule is CCOC(=O)C(C)C(C)NCc1cccs1. The summed E-state index contributed by atoms with van der Waals surface area (Å²) in [6.45, 7) is 6.98. The van der Waals surface area contributed by atoms with E-state index in [2.05, 4.69) is 16.8 Å². The quantitative estimate of drug-likeness (QED) is 0.777. The number of hydrogen-bond acceptors (Lipinski definition) is 4. The Morgan fingerprint density at radius 2 is 2.31 bits per heavy atom. The molecule has 0 aliphatic heterocycles. The van der Waals surface area contributed by atoms with E-state index >= 15 is 0 Å². The highest BCUT2D eigenvalue weighted by molar-refractivity contribution is 7.09. The van der Waals surface area contributed by atoms with Crippen LogP contribution < -0.4 is 5.32 Å². The average molecular weight is 241 g/mol. The van der Waals surface area contributed by atoms with Crippen LogP contribution in [0.1, 0.15) is 25.6 Å². The molecule has 1 aromatic rings. The number of carbonyl (C=O) groups is 1. The van der Waals surface area contributed by atoms with E-state index in [9.17, 15) is 4.79 Å². The number of nitrogens with one attached hydrogen (secondary N) is 1. The first-order chi connectivity index (χ1) is 7.65. The summed E-state index contributed by atoms with van der Waals surface area (Å²) in [6, 6.07) is 4.24. The van der Waals surface area contributed by atoms with Gasteiger partial charge in [0.05, 0.1) is 12.5 Å². The number of thiophene rings is 1. The van der Waals surface area contributed by atoms with Gasteiger partial charge in [-0.25, -0.2) is 0 Å². The zero-order valence-corrected chi connectivity index (χ0v) is 10.8. The van der Waals surface area contributed by atoms with Crippen molar-refractivity contribution in [3.8, 4) is 0 Å². The van der Waals surface area contributed by atoms with Crippen molar-refractivity contribution in [1.29, 1.82) is 0 Å². The Kier molecular flexibility index (Phi) is 5.49. The van der Waals surface area contributed by atoms with Crippen LogP contribution >= 0.6 is 11.3 Å². The smallest absolute Gasteiger partial charge is 0.310 e. The Bertz CT molecular complexity index is 311. The van der Waals surface area contributed by atoms with Crippen LogP contribution in [0.5, 0.6) is 0 Å². The minimum absolute atomic E-state index is 0.111. The molecule has 0 aromatic carbocycles. The molecule has 0 amide bonds. The lowest BCUT2D eigenvalue weighted by atomic mass is 10.0. The van der Waals surface area contributed by atoms with Crippen LogP contribution in [0.4, 0.5) is 0 Å². The summed E-state index contributed by atoms with van der Waals surface area (Å²) in [5.74, 6) is -0.242. The van der Waals surface area contributed by atoms with E-state index in [0.29, 0.717) is 6.61 Å². The lowest BCUT2D eigenvalue weighted by Crippen LogP contribution is -2.36. The fourth-order valence-electron chi connectivity index (χ4n) is 1.33. The van der Waals surface area contributed by atoms with Crippen molar-refractivity contribution in [1.82, 2.24) is 5.32 Å². The molecule has 0 bridgehead atoms. The number of rotatable bonds is 6. The Morgan fingerprint density at radius 3 is 2.88 bits per heavy atom. The molecule has 4 heteroatoms. The molecule has 1 N–H and O–H groups in total. The van der Waals surface area contributed by atoms with Gasteiger partial charge in [-0.1, -0.05) is 13.0 Å². The number of carbonyl (C=O) groups excluding carboxylic acids is 1. The maximum absolute atomic E-state index is 11.5. The predicted molar refractivity (Wildman–Crippen MR) is 66.4 cm³/mol. The van der Waals surface area contributed by atoms with Crippen LogP contribution in [0.3, 0.4) is 0 Å². The van der Waals surface area contributed by atoms with Gasteiger partial charge in [0.2, 0.25) is 0 Å². The third-order valence-electron chi connectivity index (χ3n) is 2.59. The molecule has 0 radical (unpaired) electrons. The third-order valence-corrected chi connectivity index (χ3v) is 3.46. The summed E-state index contributed by atoms with van der Waals surface area (Å²) in [5, 5.41) is 5.39. The van der Waals surface area contributed by atoms with Crippen LogP contribution in [-0.4, -0.2) is 18.6 Å². The van der Waals surface area contributed by atoms with Crippen molar-refractivity contribution in [2.24, 2.45) is 5.92 Å². The van der Waals surface area contributed by atoms with Crippen molar-refractivity contribution in [3.63, 3.8) is 0 Å². The van der Waals surface area contributed by atoms with E-state index < -0.39 is 0 Å². The second-order valence-corrected chi connectivity index (χ2v) is 4.82. The second-order valence-electron chi connectivity index (χ2n) is 3.79. The van der Waals surface area contributed by atoms with Gasteiger partial charge in [0.15, 0.2) is 0 Å². The van der Waals surface area contributed by atoms with E-state index in [4.69, 9.17) is 4.74 Å². The Labute approximate surface area is 101 Å². The summed E-state index contributed by atoms with van der Waals surface area (Å²) in [6.07, 6.45) is 0. The van der Waals surface area contributed by atoms with Crippen LogP contribution in [0.25, 0.3) is 0 Å². The first-order valence-electron chi connectivity index (χ1n) is 5.57. The third kappa shape index (κ3) is 3.94. The van der Waals surface area contributed by atoms with Gasteiger partial charge in [-0.05, 0) is 25.3 Å². The second kappa shape index (κ2) is 6.66. The fraction of sp³-hybridized carbons (Fsp3) is 0.583. The molecule has 16 heavy (non-hydrogen) atoms. The number of hydrogen-bond donors (Lipinski definition) is 1. The molecule has 1 aromatic heterocycles. The molecule has 90 valence electrons. The fourth-order valence-corrected chi connectivity index (χ4v) is 1.99. The van der Waals surface area contributed by atoms with E-state index in [1.54, 1.807) is 11.3 Å². The topological polar surface area (TPSA) is 38.3 Å². The molecule has 1 heterocycles. The maximum atomic E-state index is 11.5. The highest BCUT2D eigenvalue weighted by Gasteiger charge is 2.20. The van der Waals surface area contributed by atoms with Crippen LogP contribution in [0.15, 0.2) is 17.5 Å². The maximum Gasteiger partial charge on any atom is 0.310 e. The highest BCUT2D eigenvalue weighted by Crippen LogP contribution is 2.10. The zero-order chi connectivity index (χ0) is 12.0. The molecule has 0 saturated carbocycles. The van der Waals surface area contributed by atoms with Crippen LogP contribution in [0, 0.1) is 5.92 Å². The van der Waals surface area contributed by atoms with Gasteiger partial charge in [0, 0.05) is 17.5 Å². The standard InChI is InChI=1S/C12H19NO2S/c1-4-15-12(14)9(2)10(3)13-8-11-6-5-7-16-11/h5-7,9-10,13H,4,8H2,1-3H3. The predicted octanol–water partition coefficient (Wildman–Crippen LogP) is 2.43. The van der Waals surface area contributed by atoms with Gasteiger partial charge >= 0.3 is 5.97 Å². The minimum Gasteiger partial charge on any atom is -0.466 e. The van der Waals surface area contributed by atoms with Crippen LogP contribution in [0.2, 0.25) is 0 Å². The number of esters is 1. The molecular weight excluding hydrogens is 222 g/mol. The van der Waals surface area contributed by atoms with Crippen molar-refractivity contribution >= 4 is 17.3 Å². The summed E-state index contributed by atoms with van der Waals surface area (Å²) in [7, 11) is 0. The largest absolute Gasteiger partial charge is 0.466 e. The van der Waals surface area contributed by atoms with Crippen molar-refractivity contribution in [2.45, 2.75) is 33.4 Å². The monoisotopic (exact) mass is 241 g/mol. The van der Waals surface area contributed by atoms with E-state index in [1.807, 2.05) is 26.8 Å². The molecular formula is C12H19NO2S. The van der Waals surface area contributed by atoms with Crippen molar-refractivity contribution in [3.05, 3.63) is 22.4 Å². The van der Waals surface area contributed by atoms with Gasteiger partial charge in [-0.3, -0.25) is 4.79 Å². The molecule has 0 saturated heterocycles. The summed E-state index contributed by atoms with van der Waals surface area (Å²) in [4.78, 5) is 12.8. The molecule has 2 unspecified atom stereocenters. The lowest BCUT2D eigenvalue weighted by Gasteiger charge is -2.19. The molecule has 0 aliphatic carbocycles. The summed E-state index contributed by atoms with van der Waals surface area (Å²) in [5.41, 5.74) is 0. The number of ether oxygens (including phenoxy) is 1. The first-order valence-corrected chi connectivity index (χ1v) is 6.45. The molecule has 0 spiro atoms. The molecule has 0 aliphatic rings. The summed E-state index contributed by atoms with van der Waals surface area (Å²) >= 11 is 1.72. The van der Waals surface area contributed by atoms with E-state index in [-0.39, 0.29) is 17.9 Å². The molecule has 0 fully saturated rings. The minimum atomic E-state index is -0.131. The lowest BCUT2D eigenvalue weighted by molar-refractivity contribution is -0.148. The van der Waals surface area contributed by atoms with Gasteiger partial charge < -0.3 is 10.1 Å². The van der Waals surface area contributed by atoms with Gasteiger partial charge in [-0.2, -0.15) is 0 Å². The highest BCUT2D eigenvalue weighted by atomic mass is 32.1. The normalized spacial score (nSPS) is 14.4. The van der Waals surface area contributed by atoms with Crippen molar-refractivity contribution in [2.75, 3.05) is 6.61 Å². The Morgan fingerprint density at radius 1 is 1.56 bits per heavy atom. The average Bonchev–Trinajstić information content (AvgIpc) is 2.78.